The van der Waals surface area contributed by atoms with Crippen molar-refractivity contribution in [3.8, 4) is 9.88 Å². The second-order valence-corrected chi connectivity index (χ2v) is 7.40. The summed E-state index contributed by atoms with van der Waals surface area (Å²) >= 11 is 3.03. The molecule has 6 nitrogen and oxygen atoms in total. The zero-order valence-corrected chi connectivity index (χ0v) is 15.8. The lowest BCUT2D eigenvalue weighted by Gasteiger charge is -2.05. The van der Waals surface area contributed by atoms with Crippen LogP contribution in [0.25, 0.3) is 9.88 Å². The summed E-state index contributed by atoms with van der Waals surface area (Å²) < 4.78 is 4.92. The van der Waals surface area contributed by atoms with Gasteiger partial charge >= 0.3 is 5.97 Å². The number of thiophene rings is 1. The van der Waals surface area contributed by atoms with Crippen molar-refractivity contribution in [3.63, 3.8) is 0 Å². The van der Waals surface area contributed by atoms with Gasteiger partial charge in [0.05, 0.1) is 23.4 Å². The van der Waals surface area contributed by atoms with E-state index in [1.54, 1.807) is 28.8 Å². The van der Waals surface area contributed by atoms with Crippen LogP contribution in [0.2, 0.25) is 0 Å². The molecule has 0 aliphatic rings. The summed E-state index contributed by atoms with van der Waals surface area (Å²) in [5.74, 6) is -1.66. The molecule has 0 atom stereocenters. The first kappa shape index (κ1) is 18.9. The van der Waals surface area contributed by atoms with Crippen LogP contribution < -0.4 is 5.32 Å². The Labute approximate surface area is 163 Å². The summed E-state index contributed by atoms with van der Waals surface area (Å²) in [5.41, 5.74) is 1.39. The molecule has 0 bridgehead atoms. The van der Waals surface area contributed by atoms with Gasteiger partial charge in [-0.05, 0) is 17.0 Å². The number of benzene rings is 1. The van der Waals surface area contributed by atoms with Gasteiger partial charge in [-0.3, -0.25) is 19.7 Å². The summed E-state index contributed by atoms with van der Waals surface area (Å²) in [6.07, 6.45) is 0.0674. The summed E-state index contributed by atoms with van der Waals surface area (Å²) in [4.78, 5) is 40.8. The van der Waals surface area contributed by atoms with E-state index in [4.69, 9.17) is 4.74 Å². The average Bonchev–Trinajstić information content (AvgIpc) is 3.32. The third-order valence-corrected chi connectivity index (χ3v) is 5.39. The molecule has 0 radical (unpaired) electrons. The van der Waals surface area contributed by atoms with Crippen LogP contribution in [0, 0.1) is 0 Å². The third kappa shape index (κ3) is 5.83. The van der Waals surface area contributed by atoms with Crippen LogP contribution in [-0.2, 0) is 32.0 Å². The molecular weight excluding hydrogens is 384 g/mol. The molecule has 2 amide bonds. The molecule has 3 rings (SSSR count). The molecule has 0 aliphatic heterocycles. The summed E-state index contributed by atoms with van der Waals surface area (Å²) in [6, 6.07) is 13.0. The Balaban J connectivity index is 1.41. The quantitative estimate of drug-likeness (QED) is 0.617. The van der Waals surface area contributed by atoms with E-state index < -0.39 is 24.4 Å². The molecule has 8 heteroatoms. The molecule has 0 fully saturated rings. The van der Waals surface area contributed by atoms with Crippen molar-refractivity contribution >= 4 is 40.5 Å². The van der Waals surface area contributed by atoms with Crippen molar-refractivity contribution in [1.29, 1.82) is 0 Å². The zero-order valence-electron chi connectivity index (χ0n) is 14.2. The maximum Gasteiger partial charge on any atom is 0.312 e. The van der Waals surface area contributed by atoms with E-state index in [1.165, 1.54) is 11.3 Å². The topological polar surface area (TPSA) is 85.4 Å². The molecule has 27 heavy (non-hydrogen) atoms. The number of nitrogens with one attached hydrogen (secondary N) is 1. The number of esters is 1. The van der Waals surface area contributed by atoms with E-state index >= 15 is 0 Å². The van der Waals surface area contributed by atoms with Crippen LogP contribution in [-0.4, -0.2) is 29.4 Å². The maximum atomic E-state index is 11.9. The number of nitrogens with zero attached hydrogens (tertiary/aromatic N) is 1. The summed E-state index contributed by atoms with van der Waals surface area (Å²) in [5, 5.41) is 6.80. The van der Waals surface area contributed by atoms with Crippen LogP contribution in [0.5, 0.6) is 0 Å². The minimum atomic E-state index is -0.651. The van der Waals surface area contributed by atoms with Crippen LogP contribution in [0.1, 0.15) is 11.3 Å². The van der Waals surface area contributed by atoms with Crippen molar-refractivity contribution in [2.45, 2.75) is 12.8 Å². The number of ether oxygens (including phenoxy) is 1. The van der Waals surface area contributed by atoms with Gasteiger partial charge in [0, 0.05) is 5.38 Å². The number of aromatic nitrogens is 1. The van der Waals surface area contributed by atoms with Crippen molar-refractivity contribution < 1.29 is 19.1 Å². The number of amides is 2. The van der Waals surface area contributed by atoms with Gasteiger partial charge in [0.1, 0.15) is 5.01 Å². The Bertz CT molecular complexity index is 920. The first-order chi connectivity index (χ1) is 13.1. The Morgan fingerprint density at radius 1 is 0.963 bits per heavy atom. The number of hydrogen-bond donors (Lipinski definition) is 1. The van der Waals surface area contributed by atoms with E-state index in [0.29, 0.717) is 5.69 Å². The van der Waals surface area contributed by atoms with Gasteiger partial charge < -0.3 is 4.74 Å². The molecule has 0 saturated carbocycles. The average molecular weight is 400 g/mol. The lowest BCUT2D eigenvalue weighted by atomic mass is 10.1. The second kappa shape index (κ2) is 9.20. The van der Waals surface area contributed by atoms with Crippen molar-refractivity contribution in [1.82, 2.24) is 10.3 Å². The van der Waals surface area contributed by atoms with E-state index in [-0.39, 0.29) is 12.8 Å². The lowest BCUT2D eigenvalue weighted by molar-refractivity contribution is -0.149. The largest absolute Gasteiger partial charge is 0.455 e. The summed E-state index contributed by atoms with van der Waals surface area (Å²) in [7, 11) is 0. The van der Waals surface area contributed by atoms with E-state index in [2.05, 4.69) is 10.3 Å². The maximum absolute atomic E-state index is 11.9. The van der Waals surface area contributed by atoms with Gasteiger partial charge in [-0.25, -0.2) is 4.98 Å². The third-order valence-electron chi connectivity index (χ3n) is 3.46. The first-order valence-corrected chi connectivity index (χ1v) is 9.86. The number of thiazole rings is 1. The molecule has 0 saturated heterocycles. The highest BCUT2D eigenvalue weighted by atomic mass is 32.1. The Morgan fingerprint density at radius 3 is 2.52 bits per heavy atom. The van der Waals surface area contributed by atoms with Gasteiger partial charge in [0.15, 0.2) is 6.61 Å². The zero-order chi connectivity index (χ0) is 19.1. The van der Waals surface area contributed by atoms with Gasteiger partial charge in [-0.2, -0.15) is 0 Å². The fourth-order valence-corrected chi connectivity index (χ4v) is 3.90. The van der Waals surface area contributed by atoms with Crippen molar-refractivity contribution in [2.24, 2.45) is 0 Å². The molecule has 3 aromatic rings. The number of rotatable bonds is 7. The minimum absolute atomic E-state index is 0.0207. The molecule has 1 aromatic carbocycles. The normalized spacial score (nSPS) is 10.4. The Morgan fingerprint density at radius 2 is 1.78 bits per heavy atom. The Kier molecular flexibility index (Phi) is 6.45. The fraction of sp³-hybridized carbons (Fsp3) is 0.158. The molecule has 0 aliphatic carbocycles. The first-order valence-electron chi connectivity index (χ1n) is 8.10. The van der Waals surface area contributed by atoms with Gasteiger partial charge in [-0.15, -0.1) is 22.7 Å². The highest BCUT2D eigenvalue weighted by molar-refractivity contribution is 7.20. The SMILES string of the molecule is O=C(COC(=O)Cc1csc(-c2cccs2)n1)NC(=O)Cc1ccccc1. The van der Waals surface area contributed by atoms with Crippen LogP contribution in [0.15, 0.2) is 53.2 Å². The second-order valence-electron chi connectivity index (χ2n) is 5.59. The van der Waals surface area contributed by atoms with Gasteiger partial charge in [-0.1, -0.05) is 36.4 Å². The molecule has 0 unspecified atom stereocenters. The smallest absolute Gasteiger partial charge is 0.312 e. The van der Waals surface area contributed by atoms with Crippen LogP contribution >= 0.6 is 22.7 Å². The molecule has 2 heterocycles. The fourth-order valence-electron chi connectivity index (χ4n) is 2.26. The number of carbonyl (C=O) groups is 3. The van der Waals surface area contributed by atoms with E-state index in [0.717, 1.165) is 15.4 Å². The van der Waals surface area contributed by atoms with Crippen molar-refractivity contribution in [3.05, 3.63) is 64.5 Å². The molecule has 1 N–H and O–H groups in total. The highest BCUT2D eigenvalue weighted by Crippen LogP contribution is 2.27. The van der Waals surface area contributed by atoms with Crippen LogP contribution in [0.4, 0.5) is 0 Å². The number of hydrogen-bond acceptors (Lipinski definition) is 7. The molecular formula is C19H16N2O4S2. The number of carbonyl (C=O) groups excluding carboxylic acids is 3. The highest BCUT2D eigenvalue weighted by Gasteiger charge is 2.14. The van der Waals surface area contributed by atoms with Crippen LogP contribution in [0.3, 0.4) is 0 Å². The molecule has 0 spiro atoms. The lowest BCUT2D eigenvalue weighted by Crippen LogP contribution is -2.35. The van der Waals surface area contributed by atoms with Gasteiger partial charge in [0.2, 0.25) is 5.91 Å². The van der Waals surface area contributed by atoms with E-state index in [1.807, 2.05) is 35.7 Å². The number of imide groups is 1. The standard InChI is InChI=1S/C19H16N2O4S2/c22-16(9-13-5-2-1-3-6-13)21-17(23)11-25-18(24)10-14-12-27-19(20-14)15-7-4-8-26-15/h1-8,12H,9-11H2,(H,21,22,23). The predicted octanol–water partition coefficient (Wildman–Crippen LogP) is 2.84. The Hall–Kier alpha value is -2.84. The van der Waals surface area contributed by atoms with E-state index in [9.17, 15) is 14.4 Å². The van der Waals surface area contributed by atoms with Crippen molar-refractivity contribution in [2.75, 3.05) is 6.61 Å². The summed E-state index contributed by atoms with van der Waals surface area (Å²) in [6.45, 7) is -0.499. The monoisotopic (exact) mass is 400 g/mol. The molecule has 2 aromatic heterocycles. The predicted molar refractivity (Wildman–Crippen MR) is 103 cm³/mol. The molecule has 138 valence electrons. The van der Waals surface area contributed by atoms with Gasteiger partial charge in [0.25, 0.3) is 5.91 Å². The minimum Gasteiger partial charge on any atom is -0.455 e.